The molecule has 1 N–H and O–H groups in total. The van der Waals surface area contributed by atoms with Crippen LogP contribution < -0.4 is 5.32 Å². The van der Waals surface area contributed by atoms with E-state index in [0.717, 1.165) is 21.7 Å². The van der Waals surface area contributed by atoms with E-state index >= 15 is 0 Å². The number of para-hydroxylation sites is 1. The second-order valence-corrected chi connectivity index (χ2v) is 6.47. The number of likely N-dealkylation sites (N-methyl/N-ethyl adjacent to an activating group) is 1. The van der Waals surface area contributed by atoms with E-state index in [9.17, 15) is 14.4 Å². The Bertz CT molecular complexity index is 863. The molecular formula is C19H24N4O3. The van der Waals surface area contributed by atoms with Gasteiger partial charge in [-0.2, -0.15) is 5.10 Å². The van der Waals surface area contributed by atoms with Crippen LogP contribution in [0.15, 0.2) is 18.2 Å². The summed E-state index contributed by atoms with van der Waals surface area (Å²) in [6.07, 6.45) is 0. The van der Waals surface area contributed by atoms with E-state index in [0.29, 0.717) is 17.0 Å². The van der Waals surface area contributed by atoms with Crippen molar-refractivity contribution in [3.63, 3.8) is 0 Å². The minimum atomic E-state index is -0.735. The monoisotopic (exact) mass is 356 g/mol. The summed E-state index contributed by atoms with van der Waals surface area (Å²) in [6, 6.07) is 5.71. The summed E-state index contributed by atoms with van der Waals surface area (Å²) in [5.74, 6) is -1.75. The molecular weight excluding hydrogens is 332 g/mol. The lowest BCUT2D eigenvalue weighted by molar-refractivity contribution is -0.129. The molecule has 1 heterocycles. The molecule has 0 aliphatic heterocycles. The molecule has 0 radical (unpaired) electrons. The second-order valence-electron chi connectivity index (χ2n) is 6.47. The van der Waals surface area contributed by atoms with Gasteiger partial charge in [0, 0.05) is 25.5 Å². The fourth-order valence-corrected chi connectivity index (χ4v) is 2.86. The normalized spacial score (nSPS) is 10.5. The van der Waals surface area contributed by atoms with E-state index in [1.54, 1.807) is 25.6 Å². The number of ketones is 1. The van der Waals surface area contributed by atoms with Gasteiger partial charge >= 0.3 is 0 Å². The van der Waals surface area contributed by atoms with Crippen LogP contribution in [0.2, 0.25) is 0 Å². The molecule has 0 spiro atoms. The SMILES string of the molecule is Cc1cccc(C)c1NC(=O)CN(C)C(=O)C(=O)c1c(C)nn(C)c1C. The first-order chi connectivity index (χ1) is 12.1. The Labute approximate surface area is 153 Å². The summed E-state index contributed by atoms with van der Waals surface area (Å²) in [4.78, 5) is 38.4. The molecule has 0 atom stereocenters. The van der Waals surface area contributed by atoms with Crippen molar-refractivity contribution in [1.29, 1.82) is 0 Å². The highest BCUT2D eigenvalue weighted by molar-refractivity contribution is 6.43. The Morgan fingerprint density at radius 3 is 2.19 bits per heavy atom. The Kier molecular flexibility index (Phi) is 5.59. The molecule has 2 amide bonds. The number of aromatic nitrogens is 2. The molecule has 0 aliphatic rings. The maximum absolute atomic E-state index is 12.5. The van der Waals surface area contributed by atoms with Crippen molar-refractivity contribution in [1.82, 2.24) is 14.7 Å². The van der Waals surface area contributed by atoms with E-state index in [1.807, 2.05) is 32.0 Å². The molecule has 7 nitrogen and oxygen atoms in total. The van der Waals surface area contributed by atoms with Gasteiger partial charge in [-0.1, -0.05) is 18.2 Å². The summed E-state index contributed by atoms with van der Waals surface area (Å²) < 4.78 is 1.56. The second kappa shape index (κ2) is 7.51. The number of rotatable bonds is 5. The van der Waals surface area contributed by atoms with Crippen molar-refractivity contribution in [2.24, 2.45) is 7.05 Å². The highest BCUT2D eigenvalue weighted by Crippen LogP contribution is 2.19. The number of carbonyl (C=O) groups excluding carboxylic acids is 3. The van der Waals surface area contributed by atoms with Crippen LogP contribution in [-0.2, 0) is 16.6 Å². The minimum Gasteiger partial charge on any atom is -0.330 e. The Balaban J connectivity index is 2.09. The first-order valence-corrected chi connectivity index (χ1v) is 8.29. The maximum Gasteiger partial charge on any atom is 0.295 e. The molecule has 2 rings (SSSR count). The third-order valence-corrected chi connectivity index (χ3v) is 4.40. The van der Waals surface area contributed by atoms with Crippen molar-refractivity contribution in [3.8, 4) is 0 Å². The van der Waals surface area contributed by atoms with Crippen molar-refractivity contribution < 1.29 is 14.4 Å². The van der Waals surface area contributed by atoms with Gasteiger partial charge in [-0.15, -0.1) is 0 Å². The lowest BCUT2D eigenvalue weighted by Crippen LogP contribution is -2.39. The number of anilines is 1. The van der Waals surface area contributed by atoms with Crippen LogP contribution in [0.4, 0.5) is 5.69 Å². The number of hydrogen-bond acceptors (Lipinski definition) is 4. The molecule has 0 bridgehead atoms. The summed E-state index contributed by atoms with van der Waals surface area (Å²) >= 11 is 0. The van der Waals surface area contributed by atoms with Crippen LogP contribution in [0, 0.1) is 27.7 Å². The predicted molar refractivity (Wildman–Crippen MR) is 99.2 cm³/mol. The maximum atomic E-state index is 12.5. The number of Topliss-reactive ketones (excluding diaryl/α,β-unsaturated/α-hetero) is 1. The number of hydrogen-bond donors (Lipinski definition) is 1. The molecule has 1 aromatic carbocycles. The van der Waals surface area contributed by atoms with Gasteiger partial charge in [0.15, 0.2) is 0 Å². The molecule has 26 heavy (non-hydrogen) atoms. The van der Waals surface area contributed by atoms with Gasteiger partial charge in [0.2, 0.25) is 5.91 Å². The minimum absolute atomic E-state index is 0.212. The van der Waals surface area contributed by atoms with E-state index < -0.39 is 11.7 Å². The molecule has 0 fully saturated rings. The molecule has 0 unspecified atom stereocenters. The number of amides is 2. The van der Waals surface area contributed by atoms with Crippen LogP contribution in [0.25, 0.3) is 0 Å². The van der Waals surface area contributed by atoms with Crippen LogP contribution in [-0.4, -0.2) is 45.9 Å². The molecule has 0 saturated carbocycles. The molecule has 0 aliphatic carbocycles. The molecule has 138 valence electrons. The fourth-order valence-electron chi connectivity index (χ4n) is 2.86. The quantitative estimate of drug-likeness (QED) is 0.655. The van der Waals surface area contributed by atoms with Gasteiger partial charge in [-0.3, -0.25) is 19.1 Å². The average Bonchev–Trinajstić information content (AvgIpc) is 2.82. The predicted octanol–water partition coefficient (Wildman–Crippen LogP) is 1.93. The zero-order valence-corrected chi connectivity index (χ0v) is 16.0. The average molecular weight is 356 g/mol. The van der Waals surface area contributed by atoms with E-state index in [1.165, 1.54) is 7.05 Å². The smallest absolute Gasteiger partial charge is 0.295 e. The molecule has 7 heteroatoms. The van der Waals surface area contributed by atoms with E-state index in [4.69, 9.17) is 0 Å². The highest BCUT2D eigenvalue weighted by Gasteiger charge is 2.27. The largest absolute Gasteiger partial charge is 0.330 e. The number of carbonyl (C=O) groups is 3. The third kappa shape index (κ3) is 3.82. The van der Waals surface area contributed by atoms with Crippen molar-refractivity contribution >= 4 is 23.3 Å². The molecule has 1 aromatic heterocycles. The lowest BCUT2D eigenvalue weighted by Gasteiger charge is -2.17. The summed E-state index contributed by atoms with van der Waals surface area (Å²) in [5, 5.41) is 6.96. The first-order valence-electron chi connectivity index (χ1n) is 8.29. The van der Waals surface area contributed by atoms with Gasteiger partial charge < -0.3 is 10.2 Å². The lowest BCUT2D eigenvalue weighted by atomic mass is 10.1. The third-order valence-electron chi connectivity index (χ3n) is 4.40. The van der Waals surface area contributed by atoms with Crippen molar-refractivity contribution in [2.75, 3.05) is 18.9 Å². The zero-order valence-electron chi connectivity index (χ0n) is 16.0. The molecule has 2 aromatic rings. The summed E-state index contributed by atoms with van der Waals surface area (Å²) in [5.41, 5.74) is 4.00. The van der Waals surface area contributed by atoms with Crippen LogP contribution in [0.3, 0.4) is 0 Å². The van der Waals surface area contributed by atoms with Crippen LogP contribution >= 0.6 is 0 Å². The van der Waals surface area contributed by atoms with E-state index in [-0.39, 0.29) is 12.5 Å². The molecule has 0 saturated heterocycles. The van der Waals surface area contributed by atoms with Gasteiger partial charge in [-0.25, -0.2) is 0 Å². The van der Waals surface area contributed by atoms with Gasteiger partial charge in [-0.05, 0) is 38.8 Å². The van der Waals surface area contributed by atoms with E-state index in [2.05, 4.69) is 10.4 Å². The fraction of sp³-hybridized carbons (Fsp3) is 0.368. The number of benzene rings is 1. The van der Waals surface area contributed by atoms with Gasteiger partial charge in [0.1, 0.15) is 0 Å². The summed E-state index contributed by atoms with van der Waals surface area (Å²) in [7, 11) is 3.15. The summed E-state index contributed by atoms with van der Waals surface area (Å²) in [6.45, 7) is 7.00. The van der Waals surface area contributed by atoms with Crippen molar-refractivity contribution in [2.45, 2.75) is 27.7 Å². The Morgan fingerprint density at radius 2 is 1.69 bits per heavy atom. The Hall–Kier alpha value is -2.96. The van der Waals surface area contributed by atoms with Gasteiger partial charge in [0.25, 0.3) is 11.7 Å². The van der Waals surface area contributed by atoms with Crippen molar-refractivity contribution in [3.05, 3.63) is 46.3 Å². The Morgan fingerprint density at radius 1 is 1.12 bits per heavy atom. The number of nitrogens with zero attached hydrogens (tertiary/aromatic N) is 3. The number of nitrogens with one attached hydrogen (secondary N) is 1. The van der Waals surface area contributed by atoms with Gasteiger partial charge in [0.05, 0.1) is 17.8 Å². The van der Waals surface area contributed by atoms with Crippen LogP contribution in [0.5, 0.6) is 0 Å². The van der Waals surface area contributed by atoms with Crippen LogP contribution in [0.1, 0.15) is 32.9 Å². The topological polar surface area (TPSA) is 84.3 Å². The first kappa shape index (κ1) is 19.4. The standard InChI is InChI=1S/C19H24N4O3/c1-11-8-7-9-12(2)17(11)20-15(24)10-22(5)19(26)18(25)16-13(3)21-23(6)14(16)4/h7-9H,10H2,1-6H3,(H,20,24). The zero-order chi connectivity index (χ0) is 19.6. The number of aryl methyl sites for hydroxylation is 4. The highest BCUT2D eigenvalue weighted by atomic mass is 16.2.